The molecule has 4 heteroatoms. The molecule has 0 aliphatic carbocycles. The lowest BCUT2D eigenvalue weighted by atomic mass is 9.96. The maximum atomic E-state index is 12.4. The highest BCUT2D eigenvalue weighted by Gasteiger charge is 2.48. The summed E-state index contributed by atoms with van der Waals surface area (Å²) in [5.41, 5.74) is 2.14. The number of benzene rings is 2. The predicted molar refractivity (Wildman–Crippen MR) is 114 cm³/mol. The minimum atomic E-state index is -0.591. The van der Waals surface area contributed by atoms with Crippen LogP contribution in [0.2, 0.25) is 0 Å². The molecule has 1 fully saturated rings. The van der Waals surface area contributed by atoms with Crippen LogP contribution in [0.5, 0.6) is 11.5 Å². The minimum absolute atomic E-state index is 0.0560. The van der Waals surface area contributed by atoms with Crippen LogP contribution in [-0.2, 0) is 4.79 Å². The fraction of sp³-hybridized carbons (Fsp3) is 0.435. The van der Waals surface area contributed by atoms with Gasteiger partial charge in [-0.1, -0.05) is 65.9 Å². The van der Waals surface area contributed by atoms with Crippen molar-refractivity contribution in [2.45, 2.75) is 50.8 Å². The predicted octanol–water partition coefficient (Wildman–Crippen LogP) is 5.40. The van der Waals surface area contributed by atoms with E-state index in [1.807, 2.05) is 18.2 Å². The standard InChI is InChI=1S/C23H29O3P/c1-22(2)14-16(24)15-23(3,4)27(22)20-13-8-7-10-17(20)21-18(25-5)11-9-12-19(21)26-6/h7-13H,14-15H2,1-6H3. The van der Waals surface area contributed by atoms with Crippen LogP contribution >= 0.6 is 7.92 Å². The molecule has 0 aromatic heterocycles. The molecule has 1 heterocycles. The van der Waals surface area contributed by atoms with Gasteiger partial charge in [0.15, 0.2) is 0 Å². The van der Waals surface area contributed by atoms with Gasteiger partial charge >= 0.3 is 0 Å². The molecular weight excluding hydrogens is 355 g/mol. The van der Waals surface area contributed by atoms with Crippen LogP contribution in [0.3, 0.4) is 0 Å². The number of carbonyl (C=O) groups excluding carboxylic acids is 1. The van der Waals surface area contributed by atoms with Gasteiger partial charge in [0.05, 0.1) is 19.8 Å². The first kappa shape index (κ1) is 19.9. The molecule has 27 heavy (non-hydrogen) atoms. The highest BCUT2D eigenvalue weighted by Crippen LogP contribution is 2.65. The normalized spacial score (nSPS) is 19.0. The van der Waals surface area contributed by atoms with Crippen LogP contribution in [0, 0.1) is 0 Å². The van der Waals surface area contributed by atoms with Crippen LogP contribution in [0.1, 0.15) is 40.5 Å². The first-order valence-corrected chi connectivity index (χ1v) is 10.7. The molecule has 1 saturated heterocycles. The van der Waals surface area contributed by atoms with Crippen LogP contribution < -0.4 is 14.8 Å². The lowest BCUT2D eigenvalue weighted by Crippen LogP contribution is -2.43. The molecular formula is C23H29O3P. The van der Waals surface area contributed by atoms with Crippen LogP contribution in [-0.4, -0.2) is 30.3 Å². The third kappa shape index (κ3) is 3.62. The molecule has 0 spiro atoms. The summed E-state index contributed by atoms with van der Waals surface area (Å²) in [6.45, 7) is 8.98. The Balaban J connectivity index is 2.26. The van der Waals surface area contributed by atoms with E-state index in [9.17, 15) is 4.79 Å². The molecule has 2 aromatic carbocycles. The maximum Gasteiger partial charge on any atom is 0.134 e. The van der Waals surface area contributed by atoms with E-state index in [0.29, 0.717) is 18.6 Å². The van der Waals surface area contributed by atoms with Crippen molar-refractivity contribution in [1.82, 2.24) is 0 Å². The fourth-order valence-corrected chi connectivity index (χ4v) is 8.93. The number of hydrogen-bond acceptors (Lipinski definition) is 3. The van der Waals surface area contributed by atoms with Crippen molar-refractivity contribution >= 4 is 19.0 Å². The number of Topliss-reactive ketones (excluding diaryl/α,β-unsaturated/α-hetero) is 1. The Bertz CT molecular complexity index is 812. The number of methoxy groups -OCH3 is 2. The Kier molecular flexibility index (Phi) is 5.36. The molecule has 0 radical (unpaired) electrons. The Morgan fingerprint density at radius 3 is 1.85 bits per heavy atom. The van der Waals surface area contributed by atoms with Crippen molar-refractivity contribution in [3.05, 3.63) is 42.5 Å². The second-order valence-electron chi connectivity index (χ2n) is 8.41. The maximum absolute atomic E-state index is 12.4. The van der Waals surface area contributed by atoms with Crippen molar-refractivity contribution in [3.63, 3.8) is 0 Å². The van der Waals surface area contributed by atoms with Gasteiger partial charge in [0, 0.05) is 12.8 Å². The van der Waals surface area contributed by atoms with Crippen molar-refractivity contribution < 1.29 is 14.3 Å². The molecule has 0 bridgehead atoms. The Hall–Kier alpha value is -1.86. The zero-order valence-corrected chi connectivity index (χ0v) is 18.0. The van der Waals surface area contributed by atoms with Gasteiger partial charge in [-0.15, -0.1) is 0 Å². The first-order chi connectivity index (χ1) is 12.7. The van der Waals surface area contributed by atoms with E-state index >= 15 is 0 Å². The third-order valence-corrected chi connectivity index (χ3v) is 8.92. The van der Waals surface area contributed by atoms with Crippen LogP contribution in [0.15, 0.2) is 42.5 Å². The molecule has 3 nitrogen and oxygen atoms in total. The number of rotatable bonds is 4. The van der Waals surface area contributed by atoms with Crippen molar-refractivity contribution in [3.8, 4) is 22.6 Å². The van der Waals surface area contributed by atoms with Gasteiger partial charge in [-0.05, 0) is 33.3 Å². The molecule has 0 unspecified atom stereocenters. The highest BCUT2D eigenvalue weighted by molar-refractivity contribution is 7.69. The monoisotopic (exact) mass is 384 g/mol. The summed E-state index contributed by atoms with van der Waals surface area (Å²) in [6.07, 6.45) is 1.28. The fourth-order valence-electron chi connectivity index (χ4n) is 4.65. The SMILES string of the molecule is COc1cccc(OC)c1-c1ccccc1P1C(C)(C)CC(=O)CC1(C)C. The number of ether oxygens (including phenoxy) is 2. The topological polar surface area (TPSA) is 35.5 Å². The van der Waals surface area contributed by atoms with E-state index in [4.69, 9.17) is 9.47 Å². The van der Waals surface area contributed by atoms with E-state index in [1.165, 1.54) is 5.30 Å². The van der Waals surface area contributed by atoms with Gasteiger partial charge in [-0.25, -0.2) is 0 Å². The van der Waals surface area contributed by atoms with Gasteiger partial charge in [0.2, 0.25) is 0 Å². The van der Waals surface area contributed by atoms with Crippen LogP contribution in [0.25, 0.3) is 11.1 Å². The number of ketones is 1. The third-order valence-electron chi connectivity index (χ3n) is 5.31. The van der Waals surface area contributed by atoms with Gasteiger partial charge < -0.3 is 9.47 Å². The van der Waals surface area contributed by atoms with Gasteiger partial charge in [0.25, 0.3) is 0 Å². The van der Waals surface area contributed by atoms with E-state index in [1.54, 1.807) is 14.2 Å². The molecule has 0 N–H and O–H groups in total. The molecule has 3 rings (SSSR count). The summed E-state index contributed by atoms with van der Waals surface area (Å²) in [5.74, 6) is 1.98. The van der Waals surface area contributed by atoms with Gasteiger partial charge in [-0.3, -0.25) is 4.79 Å². The highest BCUT2D eigenvalue weighted by atomic mass is 31.1. The summed E-state index contributed by atoms with van der Waals surface area (Å²) < 4.78 is 11.4. The second kappa shape index (κ2) is 7.28. The zero-order valence-electron chi connectivity index (χ0n) is 17.1. The zero-order chi connectivity index (χ0) is 19.8. The largest absolute Gasteiger partial charge is 0.496 e. The Labute approximate surface area is 163 Å². The summed E-state index contributed by atoms with van der Waals surface area (Å²) in [7, 11) is 2.80. The lowest BCUT2D eigenvalue weighted by Gasteiger charge is -2.49. The lowest BCUT2D eigenvalue weighted by molar-refractivity contribution is -0.120. The average molecular weight is 384 g/mol. The second-order valence-corrected chi connectivity index (χ2v) is 12.0. The quantitative estimate of drug-likeness (QED) is 0.662. The molecule has 1 aliphatic heterocycles. The van der Waals surface area contributed by atoms with E-state index in [0.717, 1.165) is 22.6 Å². The minimum Gasteiger partial charge on any atom is -0.496 e. The van der Waals surface area contributed by atoms with Crippen LogP contribution in [0.4, 0.5) is 0 Å². The number of hydrogen-bond donors (Lipinski definition) is 0. The molecule has 0 atom stereocenters. The molecule has 0 saturated carbocycles. The average Bonchev–Trinajstić information content (AvgIpc) is 2.59. The van der Waals surface area contributed by atoms with E-state index in [-0.39, 0.29) is 10.3 Å². The van der Waals surface area contributed by atoms with Gasteiger partial charge in [0.1, 0.15) is 17.3 Å². The van der Waals surface area contributed by atoms with E-state index in [2.05, 4.69) is 52.0 Å². The van der Waals surface area contributed by atoms with Crippen molar-refractivity contribution in [1.29, 1.82) is 0 Å². The van der Waals surface area contributed by atoms with Gasteiger partial charge in [-0.2, -0.15) is 0 Å². The molecule has 2 aromatic rings. The summed E-state index contributed by atoms with van der Waals surface area (Å²) in [6, 6.07) is 14.4. The summed E-state index contributed by atoms with van der Waals surface area (Å²) >= 11 is 0. The van der Waals surface area contributed by atoms with Crippen molar-refractivity contribution in [2.24, 2.45) is 0 Å². The molecule has 144 valence electrons. The number of carbonyl (C=O) groups is 1. The smallest absolute Gasteiger partial charge is 0.134 e. The first-order valence-electron chi connectivity index (χ1n) is 9.34. The Morgan fingerprint density at radius 2 is 1.33 bits per heavy atom. The molecule has 1 aliphatic rings. The summed E-state index contributed by atoms with van der Waals surface area (Å²) in [5, 5.41) is 1.21. The summed E-state index contributed by atoms with van der Waals surface area (Å²) in [4.78, 5) is 12.4. The van der Waals surface area contributed by atoms with Crippen molar-refractivity contribution in [2.75, 3.05) is 14.2 Å². The molecule has 0 amide bonds. The van der Waals surface area contributed by atoms with E-state index < -0.39 is 7.92 Å². The Morgan fingerprint density at radius 1 is 0.815 bits per heavy atom.